The molecule has 1 amide bonds. The Labute approximate surface area is 171 Å². The number of aromatic nitrogens is 1. The molecule has 0 N–H and O–H groups in total. The summed E-state index contributed by atoms with van der Waals surface area (Å²) in [5.41, 5.74) is 0.401. The maximum Gasteiger partial charge on any atom is 0.286 e. The van der Waals surface area contributed by atoms with Crippen LogP contribution in [0.5, 0.6) is 0 Å². The van der Waals surface area contributed by atoms with Gasteiger partial charge in [-0.15, -0.1) is 0 Å². The summed E-state index contributed by atoms with van der Waals surface area (Å²) in [7, 11) is -3.02. The van der Waals surface area contributed by atoms with Gasteiger partial charge in [-0.2, -0.15) is 4.36 Å². The van der Waals surface area contributed by atoms with Crippen LogP contribution >= 0.6 is 11.6 Å². The normalized spacial score (nSPS) is 12.4. The first-order chi connectivity index (χ1) is 13.7. The Balaban J connectivity index is 1.91. The number of hydrogen-bond donors (Lipinski definition) is 0. The minimum absolute atomic E-state index is 0.00495. The molecule has 0 aliphatic heterocycles. The van der Waals surface area contributed by atoms with E-state index in [9.17, 15) is 17.8 Å². The van der Waals surface area contributed by atoms with E-state index in [4.69, 9.17) is 11.6 Å². The van der Waals surface area contributed by atoms with Crippen LogP contribution in [0.25, 0.3) is 0 Å². The van der Waals surface area contributed by atoms with Crippen molar-refractivity contribution < 1.29 is 17.8 Å². The Kier molecular flexibility index (Phi) is 6.06. The average molecular weight is 431 g/mol. The van der Waals surface area contributed by atoms with Crippen LogP contribution in [0.3, 0.4) is 0 Å². The number of rotatable bonds is 2. The van der Waals surface area contributed by atoms with Crippen LogP contribution < -0.4 is 0 Å². The third kappa shape index (κ3) is 5.25. The van der Waals surface area contributed by atoms with Crippen molar-refractivity contribution in [2.45, 2.75) is 4.90 Å². The summed E-state index contributed by atoms with van der Waals surface area (Å²) in [5, 5.41) is 0.381. The van der Waals surface area contributed by atoms with E-state index in [2.05, 4.69) is 21.2 Å². The number of hydrogen-bond acceptors (Lipinski definition) is 3. The van der Waals surface area contributed by atoms with Crippen LogP contribution in [0, 0.1) is 23.5 Å². The molecule has 0 aliphatic rings. The van der Waals surface area contributed by atoms with E-state index in [-0.39, 0.29) is 11.1 Å². The summed E-state index contributed by atoms with van der Waals surface area (Å²) >= 11 is 5.91. The van der Waals surface area contributed by atoms with Crippen molar-refractivity contribution in [2.75, 3.05) is 6.26 Å². The molecular formula is C21H13ClF2N2O2S. The van der Waals surface area contributed by atoms with Gasteiger partial charge in [0.05, 0.1) is 20.9 Å². The van der Waals surface area contributed by atoms with Crippen molar-refractivity contribution in [3.63, 3.8) is 0 Å². The molecule has 3 aromatic rings. The van der Waals surface area contributed by atoms with Crippen LogP contribution in [0.2, 0.25) is 5.02 Å². The van der Waals surface area contributed by atoms with Crippen LogP contribution in [-0.2, 0) is 9.73 Å². The Hall–Kier alpha value is -3.08. The lowest BCUT2D eigenvalue weighted by Gasteiger charge is -2.04. The standard InChI is InChI=1S/C21H13ClF2N2O2S/c1-29(28,19-4-2-3-17(22)10-19)26-21(27)16-9-14(12-25-13-16)5-6-15-7-8-18(23)11-20(15)24/h2-4,7-13H,1H3. The molecule has 0 spiro atoms. The fourth-order valence-corrected chi connectivity index (χ4v) is 3.78. The second-order valence-corrected chi connectivity index (χ2v) is 8.69. The van der Waals surface area contributed by atoms with Gasteiger partial charge in [0.1, 0.15) is 11.6 Å². The maximum atomic E-state index is 13.7. The quantitative estimate of drug-likeness (QED) is 0.553. The van der Waals surface area contributed by atoms with Gasteiger partial charge in [0.25, 0.3) is 5.91 Å². The first-order valence-electron chi connectivity index (χ1n) is 8.19. The number of nitrogens with zero attached hydrogens (tertiary/aromatic N) is 2. The SMILES string of the molecule is CS(=O)(=NC(=O)c1cncc(C#Cc2ccc(F)cc2F)c1)c1cccc(Cl)c1. The zero-order valence-corrected chi connectivity index (χ0v) is 16.6. The minimum Gasteiger partial charge on any atom is -0.266 e. The highest BCUT2D eigenvalue weighted by molar-refractivity contribution is 7.93. The molecular weight excluding hydrogens is 418 g/mol. The van der Waals surface area contributed by atoms with Gasteiger partial charge in [0.2, 0.25) is 0 Å². The molecule has 3 rings (SSSR count). The lowest BCUT2D eigenvalue weighted by molar-refractivity contribution is 0.100. The second-order valence-electron chi connectivity index (χ2n) is 5.99. The molecule has 2 aromatic carbocycles. The molecule has 146 valence electrons. The van der Waals surface area contributed by atoms with Crippen molar-refractivity contribution >= 4 is 27.2 Å². The molecule has 1 atom stereocenters. The van der Waals surface area contributed by atoms with E-state index in [1.165, 1.54) is 36.8 Å². The second kappa shape index (κ2) is 8.52. The summed E-state index contributed by atoms with van der Waals surface area (Å²) < 4.78 is 43.3. The Bertz CT molecular complexity index is 1290. The van der Waals surface area contributed by atoms with E-state index in [1.807, 2.05) is 0 Å². The zero-order chi connectivity index (χ0) is 21.0. The van der Waals surface area contributed by atoms with Crippen molar-refractivity contribution in [1.82, 2.24) is 4.98 Å². The molecule has 8 heteroatoms. The molecule has 1 unspecified atom stereocenters. The van der Waals surface area contributed by atoms with E-state index < -0.39 is 27.3 Å². The van der Waals surface area contributed by atoms with E-state index in [0.717, 1.165) is 12.1 Å². The summed E-state index contributed by atoms with van der Waals surface area (Å²) in [6.45, 7) is 0. The topological polar surface area (TPSA) is 59.4 Å². The van der Waals surface area contributed by atoms with Crippen LogP contribution in [0.4, 0.5) is 8.78 Å². The third-order valence-corrected chi connectivity index (χ3v) is 5.63. The molecule has 0 bridgehead atoms. The zero-order valence-electron chi connectivity index (χ0n) is 15.0. The maximum absolute atomic E-state index is 13.7. The highest BCUT2D eigenvalue weighted by Gasteiger charge is 2.12. The number of amides is 1. The Morgan fingerprint density at radius 1 is 1.10 bits per heavy atom. The van der Waals surface area contributed by atoms with Gasteiger partial charge in [0, 0.05) is 40.2 Å². The first-order valence-corrected chi connectivity index (χ1v) is 10.5. The van der Waals surface area contributed by atoms with Gasteiger partial charge < -0.3 is 0 Å². The van der Waals surface area contributed by atoms with Gasteiger partial charge in [-0.3, -0.25) is 9.78 Å². The predicted molar refractivity (Wildman–Crippen MR) is 107 cm³/mol. The minimum atomic E-state index is -3.02. The average Bonchev–Trinajstić information content (AvgIpc) is 2.67. The van der Waals surface area contributed by atoms with E-state index in [1.54, 1.807) is 18.2 Å². The molecule has 1 aromatic heterocycles. The fraction of sp³-hybridized carbons (Fsp3) is 0.0476. The highest BCUT2D eigenvalue weighted by Crippen LogP contribution is 2.18. The first kappa shape index (κ1) is 20.6. The molecule has 1 heterocycles. The van der Waals surface area contributed by atoms with Gasteiger partial charge in [-0.05, 0) is 36.4 Å². The van der Waals surface area contributed by atoms with Crippen molar-refractivity contribution in [3.8, 4) is 11.8 Å². The smallest absolute Gasteiger partial charge is 0.266 e. The lowest BCUT2D eigenvalue weighted by Crippen LogP contribution is -2.04. The van der Waals surface area contributed by atoms with E-state index >= 15 is 0 Å². The van der Waals surface area contributed by atoms with Crippen LogP contribution in [0.1, 0.15) is 21.5 Å². The Morgan fingerprint density at radius 3 is 2.62 bits per heavy atom. The molecule has 0 radical (unpaired) electrons. The van der Waals surface area contributed by atoms with E-state index in [0.29, 0.717) is 15.5 Å². The largest absolute Gasteiger partial charge is 0.286 e. The van der Waals surface area contributed by atoms with Crippen LogP contribution in [-0.4, -0.2) is 21.4 Å². The van der Waals surface area contributed by atoms with Gasteiger partial charge in [-0.1, -0.05) is 29.5 Å². The number of carbonyl (C=O) groups excluding carboxylic acids is 1. The van der Waals surface area contributed by atoms with Gasteiger partial charge in [0.15, 0.2) is 0 Å². The third-order valence-electron chi connectivity index (χ3n) is 3.75. The molecule has 4 nitrogen and oxygen atoms in total. The number of halogens is 3. The molecule has 0 saturated heterocycles. The van der Waals surface area contributed by atoms with Crippen molar-refractivity contribution in [2.24, 2.45) is 4.36 Å². The number of carbonyl (C=O) groups is 1. The summed E-state index contributed by atoms with van der Waals surface area (Å²) in [6, 6.07) is 10.7. The summed E-state index contributed by atoms with van der Waals surface area (Å²) in [6.07, 6.45) is 3.99. The lowest BCUT2D eigenvalue weighted by atomic mass is 10.1. The monoisotopic (exact) mass is 430 g/mol. The fourth-order valence-electron chi connectivity index (χ4n) is 2.32. The van der Waals surface area contributed by atoms with Gasteiger partial charge in [-0.25, -0.2) is 13.0 Å². The van der Waals surface area contributed by atoms with Gasteiger partial charge >= 0.3 is 0 Å². The molecule has 0 saturated carbocycles. The number of pyridine rings is 1. The number of benzene rings is 2. The van der Waals surface area contributed by atoms with Crippen molar-refractivity contribution in [1.29, 1.82) is 0 Å². The molecule has 0 aliphatic carbocycles. The predicted octanol–water partition coefficient (Wildman–Crippen LogP) is 4.71. The van der Waals surface area contributed by atoms with Crippen LogP contribution in [0.15, 0.2) is 70.2 Å². The molecule has 29 heavy (non-hydrogen) atoms. The summed E-state index contributed by atoms with van der Waals surface area (Å²) in [4.78, 5) is 16.7. The summed E-state index contributed by atoms with van der Waals surface area (Å²) in [5.74, 6) is 2.99. The highest BCUT2D eigenvalue weighted by atomic mass is 35.5. The Morgan fingerprint density at radius 2 is 1.90 bits per heavy atom. The molecule has 0 fully saturated rings. The van der Waals surface area contributed by atoms with Crippen molar-refractivity contribution in [3.05, 3.63) is 94.3 Å².